The van der Waals surface area contributed by atoms with Gasteiger partial charge in [0.1, 0.15) is 0 Å². The second-order valence-electron chi connectivity index (χ2n) is 5.65. The summed E-state index contributed by atoms with van der Waals surface area (Å²) in [4.78, 5) is 12.0. The van der Waals surface area contributed by atoms with Gasteiger partial charge in [-0.25, -0.2) is 13.2 Å². The second-order valence-corrected chi connectivity index (χ2v) is 7.33. The normalized spacial score (nSPS) is 11.1. The number of ether oxygens (including phenoxy) is 1. The Balaban J connectivity index is 2.28. The van der Waals surface area contributed by atoms with Gasteiger partial charge in [-0.3, -0.25) is 4.72 Å². The Morgan fingerprint density at radius 1 is 1.16 bits per heavy atom. The zero-order valence-electron chi connectivity index (χ0n) is 14.3. The van der Waals surface area contributed by atoms with Gasteiger partial charge in [0.05, 0.1) is 23.3 Å². The highest BCUT2D eigenvalue weighted by atomic mass is 32.2. The first kappa shape index (κ1) is 18.8. The molecule has 0 aliphatic rings. The molecule has 134 valence electrons. The Kier molecular flexibility index (Phi) is 6.03. The minimum atomic E-state index is -3.83. The maximum absolute atomic E-state index is 12.6. The third-order valence-corrected chi connectivity index (χ3v) is 5.13. The molecule has 0 spiro atoms. The Bertz CT molecular complexity index is 846. The second kappa shape index (κ2) is 8.02. The van der Waals surface area contributed by atoms with E-state index in [0.29, 0.717) is 5.69 Å². The molecule has 2 aromatic carbocycles. The number of esters is 1. The molecule has 2 rings (SSSR count). The molecule has 3 N–H and O–H groups in total. The van der Waals surface area contributed by atoms with Crippen LogP contribution in [0.4, 0.5) is 11.4 Å². The van der Waals surface area contributed by atoms with E-state index in [9.17, 15) is 13.2 Å². The van der Waals surface area contributed by atoms with Crippen LogP contribution in [0.15, 0.2) is 47.4 Å². The number of nitrogens with two attached hydrogens (primary N) is 1. The number of carbonyl (C=O) groups is 1. The summed E-state index contributed by atoms with van der Waals surface area (Å²) in [5.41, 5.74) is 7.27. The van der Waals surface area contributed by atoms with Crippen molar-refractivity contribution in [2.24, 2.45) is 0 Å². The Morgan fingerprint density at radius 2 is 1.84 bits per heavy atom. The standard InChI is InChI=1S/C18H22N2O4S/c1-3-4-5-13-6-9-15(10-7-13)25(22,23)20-17-11-8-14(19)12-16(17)18(21)24-2/h6-12,20H,3-5,19H2,1-2H3. The van der Waals surface area contributed by atoms with E-state index >= 15 is 0 Å². The lowest BCUT2D eigenvalue weighted by Crippen LogP contribution is -2.16. The molecule has 25 heavy (non-hydrogen) atoms. The number of aryl methyl sites for hydroxylation is 1. The molecule has 6 nitrogen and oxygen atoms in total. The molecule has 0 fully saturated rings. The zero-order chi connectivity index (χ0) is 18.4. The van der Waals surface area contributed by atoms with E-state index in [0.717, 1.165) is 24.8 Å². The molecule has 7 heteroatoms. The van der Waals surface area contributed by atoms with Crippen LogP contribution in [0.3, 0.4) is 0 Å². The fraction of sp³-hybridized carbons (Fsp3) is 0.278. The molecule has 0 unspecified atom stereocenters. The van der Waals surface area contributed by atoms with Crippen LogP contribution in [0.1, 0.15) is 35.7 Å². The van der Waals surface area contributed by atoms with Gasteiger partial charge in [-0.1, -0.05) is 25.5 Å². The number of unbranched alkanes of at least 4 members (excludes halogenated alkanes) is 1. The highest BCUT2D eigenvalue weighted by Crippen LogP contribution is 2.23. The van der Waals surface area contributed by atoms with Crippen LogP contribution in [0.25, 0.3) is 0 Å². The van der Waals surface area contributed by atoms with E-state index < -0.39 is 16.0 Å². The molecule has 0 bridgehead atoms. The molecular weight excluding hydrogens is 340 g/mol. The molecule has 0 heterocycles. The Hall–Kier alpha value is -2.54. The predicted octanol–water partition coefficient (Wildman–Crippen LogP) is 3.20. The van der Waals surface area contributed by atoms with Gasteiger partial charge in [0.15, 0.2) is 0 Å². The van der Waals surface area contributed by atoms with Crippen molar-refractivity contribution in [2.75, 3.05) is 17.6 Å². The number of methoxy groups -OCH3 is 1. The van der Waals surface area contributed by atoms with E-state index in [1.807, 2.05) is 0 Å². The summed E-state index contributed by atoms with van der Waals surface area (Å²) in [7, 11) is -2.61. The fourth-order valence-electron chi connectivity index (χ4n) is 2.35. The number of hydrogen-bond acceptors (Lipinski definition) is 5. The quantitative estimate of drug-likeness (QED) is 0.582. The number of hydrogen-bond donors (Lipinski definition) is 2. The summed E-state index contributed by atoms with van der Waals surface area (Å²) >= 11 is 0. The third kappa shape index (κ3) is 4.73. The molecule has 2 aromatic rings. The predicted molar refractivity (Wildman–Crippen MR) is 98.1 cm³/mol. The van der Waals surface area contributed by atoms with Crippen LogP contribution in [-0.4, -0.2) is 21.5 Å². The van der Waals surface area contributed by atoms with E-state index in [2.05, 4.69) is 16.4 Å². The van der Waals surface area contributed by atoms with Gasteiger partial charge < -0.3 is 10.5 Å². The smallest absolute Gasteiger partial charge is 0.340 e. The third-order valence-electron chi connectivity index (χ3n) is 3.75. The van der Waals surface area contributed by atoms with E-state index in [1.165, 1.54) is 25.3 Å². The van der Waals surface area contributed by atoms with Crippen molar-refractivity contribution >= 4 is 27.4 Å². The number of nitrogens with one attached hydrogen (secondary N) is 1. The molecule has 0 saturated heterocycles. The van der Waals surface area contributed by atoms with Crippen molar-refractivity contribution in [1.82, 2.24) is 0 Å². The number of nitrogen functional groups attached to an aromatic ring is 1. The van der Waals surface area contributed by atoms with Crippen LogP contribution in [0, 0.1) is 0 Å². The number of rotatable bonds is 7. The van der Waals surface area contributed by atoms with Gasteiger partial charge in [0, 0.05) is 5.69 Å². The minimum absolute atomic E-state index is 0.0608. The van der Waals surface area contributed by atoms with Crippen LogP contribution in [0.5, 0.6) is 0 Å². The molecule has 0 aliphatic heterocycles. The largest absolute Gasteiger partial charge is 0.465 e. The lowest BCUT2D eigenvalue weighted by atomic mass is 10.1. The summed E-state index contributed by atoms with van der Waals surface area (Å²) < 4.78 is 32.3. The van der Waals surface area contributed by atoms with E-state index in [-0.39, 0.29) is 16.1 Å². The van der Waals surface area contributed by atoms with Gasteiger partial charge in [-0.15, -0.1) is 0 Å². The summed E-state index contributed by atoms with van der Waals surface area (Å²) in [5.74, 6) is -0.667. The number of carbonyl (C=O) groups excluding carboxylic acids is 1. The van der Waals surface area contributed by atoms with Gasteiger partial charge in [0.2, 0.25) is 0 Å². The van der Waals surface area contributed by atoms with Crippen molar-refractivity contribution in [3.05, 3.63) is 53.6 Å². The van der Waals surface area contributed by atoms with Crippen LogP contribution < -0.4 is 10.5 Å². The van der Waals surface area contributed by atoms with E-state index in [4.69, 9.17) is 5.73 Å². The molecule has 0 saturated carbocycles. The maximum atomic E-state index is 12.6. The van der Waals surface area contributed by atoms with Crippen molar-refractivity contribution < 1.29 is 17.9 Å². The Labute approximate surface area is 148 Å². The number of anilines is 2. The van der Waals surface area contributed by atoms with Gasteiger partial charge in [0.25, 0.3) is 10.0 Å². The Morgan fingerprint density at radius 3 is 2.44 bits per heavy atom. The molecule has 0 aliphatic carbocycles. The van der Waals surface area contributed by atoms with Crippen molar-refractivity contribution in [3.63, 3.8) is 0 Å². The molecule has 0 aromatic heterocycles. The SMILES string of the molecule is CCCCc1ccc(S(=O)(=O)Nc2ccc(N)cc2C(=O)OC)cc1. The number of benzene rings is 2. The molecule has 0 radical (unpaired) electrons. The minimum Gasteiger partial charge on any atom is -0.465 e. The summed E-state index contributed by atoms with van der Waals surface area (Å²) in [6.07, 6.45) is 3.04. The van der Waals surface area contributed by atoms with Gasteiger partial charge in [-0.05, 0) is 48.7 Å². The highest BCUT2D eigenvalue weighted by Gasteiger charge is 2.19. The maximum Gasteiger partial charge on any atom is 0.340 e. The first-order valence-corrected chi connectivity index (χ1v) is 9.45. The van der Waals surface area contributed by atoms with Crippen molar-refractivity contribution in [1.29, 1.82) is 0 Å². The molecule has 0 amide bonds. The van der Waals surface area contributed by atoms with Gasteiger partial charge in [-0.2, -0.15) is 0 Å². The van der Waals surface area contributed by atoms with Crippen molar-refractivity contribution in [2.45, 2.75) is 31.1 Å². The van der Waals surface area contributed by atoms with Crippen LogP contribution >= 0.6 is 0 Å². The first-order chi connectivity index (χ1) is 11.9. The summed E-state index contributed by atoms with van der Waals surface area (Å²) in [6.45, 7) is 2.11. The summed E-state index contributed by atoms with van der Waals surface area (Å²) in [5, 5.41) is 0. The zero-order valence-corrected chi connectivity index (χ0v) is 15.1. The average Bonchev–Trinajstić information content (AvgIpc) is 2.61. The van der Waals surface area contributed by atoms with Crippen LogP contribution in [0.2, 0.25) is 0 Å². The van der Waals surface area contributed by atoms with Gasteiger partial charge >= 0.3 is 5.97 Å². The molecule has 0 atom stereocenters. The lowest BCUT2D eigenvalue weighted by Gasteiger charge is -2.12. The van der Waals surface area contributed by atoms with Crippen molar-refractivity contribution in [3.8, 4) is 0 Å². The number of sulfonamides is 1. The first-order valence-electron chi connectivity index (χ1n) is 7.97. The average molecular weight is 362 g/mol. The highest BCUT2D eigenvalue weighted by molar-refractivity contribution is 7.92. The lowest BCUT2D eigenvalue weighted by molar-refractivity contribution is 0.0602. The molecular formula is C18H22N2O4S. The monoisotopic (exact) mass is 362 g/mol. The topological polar surface area (TPSA) is 98.5 Å². The van der Waals surface area contributed by atoms with E-state index in [1.54, 1.807) is 24.3 Å². The summed E-state index contributed by atoms with van der Waals surface area (Å²) in [6, 6.07) is 11.0. The fourth-order valence-corrected chi connectivity index (χ4v) is 3.43. The van der Waals surface area contributed by atoms with Crippen LogP contribution in [-0.2, 0) is 21.2 Å².